The van der Waals surface area contributed by atoms with Gasteiger partial charge in [-0.2, -0.15) is 0 Å². The quantitative estimate of drug-likeness (QED) is 0.676. The second kappa shape index (κ2) is 7.79. The molecule has 6 heteroatoms. The first-order chi connectivity index (χ1) is 11.7. The Kier molecular flexibility index (Phi) is 5.28. The van der Waals surface area contributed by atoms with Crippen LogP contribution >= 0.6 is 11.8 Å². The second-order valence-corrected chi connectivity index (χ2v) is 6.23. The van der Waals surface area contributed by atoms with Crippen LogP contribution in [0, 0.1) is 0 Å². The number of aromatic nitrogens is 2. The standard InChI is InChI=1S/C18H17N3O2S/c22-16(19-11-10-13-6-2-1-3-7-13)12-24-18-17(23)20-14-8-4-5-9-15(14)21-18/h1-9H,10-12H2,(H,19,22)(H,20,23). The lowest BCUT2D eigenvalue weighted by Gasteiger charge is -2.05. The van der Waals surface area contributed by atoms with Crippen molar-refractivity contribution in [2.24, 2.45) is 0 Å². The number of benzene rings is 2. The lowest BCUT2D eigenvalue weighted by molar-refractivity contribution is -0.118. The van der Waals surface area contributed by atoms with E-state index in [1.807, 2.05) is 48.5 Å². The van der Waals surface area contributed by atoms with Gasteiger partial charge in [-0.3, -0.25) is 9.59 Å². The lowest BCUT2D eigenvalue weighted by Crippen LogP contribution is -2.27. The van der Waals surface area contributed by atoms with Crippen molar-refractivity contribution in [3.8, 4) is 0 Å². The van der Waals surface area contributed by atoms with E-state index in [1.54, 1.807) is 6.07 Å². The molecule has 0 spiro atoms. The number of nitrogens with one attached hydrogen (secondary N) is 2. The van der Waals surface area contributed by atoms with Gasteiger partial charge in [0.25, 0.3) is 5.56 Å². The van der Waals surface area contributed by atoms with Crippen LogP contribution in [0.3, 0.4) is 0 Å². The van der Waals surface area contributed by atoms with Crippen LogP contribution in [0.15, 0.2) is 64.4 Å². The maximum atomic E-state index is 12.0. The molecule has 0 radical (unpaired) electrons. The van der Waals surface area contributed by atoms with Crippen LogP contribution in [0.5, 0.6) is 0 Å². The number of nitrogens with zero attached hydrogens (tertiary/aromatic N) is 1. The van der Waals surface area contributed by atoms with E-state index in [4.69, 9.17) is 0 Å². The molecule has 24 heavy (non-hydrogen) atoms. The summed E-state index contributed by atoms with van der Waals surface area (Å²) in [5.74, 6) is 0.0636. The van der Waals surface area contributed by atoms with E-state index in [0.717, 1.165) is 18.2 Å². The number of para-hydroxylation sites is 2. The number of amides is 1. The summed E-state index contributed by atoms with van der Waals surface area (Å²) < 4.78 is 0. The van der Waals surface area contributed by atoms with Gasteiger partial charge >= 0.3 is 0 Å². The van der Waals surface area contributed by atoms with E-state index in [0.29, 0.717) is 22.6 Å². The smallest absolute Gasteiger partial charge is 0.280 e. The number of hydrogen-bond donors (Lipinski definition) is 2. The Morgan fingerprint density at radius 2 is 1.83 bits per heavy atom. The summed E-state index contributed by atoms with van der Waals surface area (Å²) >= 11 is 1.15. The van der Waals surface area contributed by atoms with Gasteiger partial charge in [-0.1, -0.05) is 54.2 Å². The summed E-state index contributed by atoms with van der Waals surface area (Å²) in [5, 5.41) is 3.17. The van der Waals surface area contributed by atoms with Crippen molar-refractivity contribution in [3.05, 3.63) is 70.5 Å². The van der Waals surface area contributed by atoms with Crippen LogP contribution < -0.4 is 10.9 Å². The van der Waals surface area contributed by atoms with Gasteiger partial charge in [-0.25, -0.2) is 4.98 Å². The van der Waals surface area contributed by atoms with Crippen molar-refractivity contribution in [2.75, 3.05) is 12.3 Å². The monoisotopic (exact) mass is 339 g/mol. The Morgan fingerprint density at radius 1 is 1.08 bits per heavy atom. The lowest BCUT2D eigenvalue weighted by atomic mass is 10.1. The van der Waals surface area contributed by atoms with E-state index in [-0.39, 0.29) is 17.2 Å². The molecular formula is C18H17N3O2S. The van der Waals surface area contributed by atoms with E-state index in [9.17, 15) is 9.59 Å². The Balaban J connectivity index is 1.52. The van der Waals surface area contributed by atoms with Crippen LogP contribution in [-0.2, 0) is 11.2 Å². The third-order valence-corrected chi connectivity index (χ3v) is 4.44. The topological polar surface area (TPSA) is 74.8 Å². The number of rotatable bonds is 6. The molecule has 0 atom stereocenters. The van der Waals surface area contributed by atoms with E-state index >= 15 is 0 Å². The van der Waals surface area contributed by atoms with Gasteiger partial charge < -0.3 is 10.3 Å². The summed E-state index contributed by atoms with van der Waals surface area (Å²) in [6.07, 6.45) is 0.784. The maximum absolute atomic E-state index is 12.0. The van der Waals surface area contributed by atoms with E-state index in [2.05, 4.69) is 15.3 Å². The van der Waals surface area contributed by atoms with Crippen LogP contribution in [-0.4, -0.2) is 28.2 Å². The number of carbonyl (C=O) groups is 1. The van der Waals surface area contributed by atoms with Gasteiger partial charge in [0, 0.05) is 6.54 Å². The summed E-state index contributed by atoms with van der Waals surface area (Å²) in [6, 6.07) is 17.3. The van der Waals surface area contributed by atoms with Gasteiger partial charge in [-0.15, -0.1) is 0 Å². The highest BCUT2D eigenvalue weighted by molar-refractivity contribution is 7.99. The summed E-state index contributed by atoms with van der Waals surface area (Å²) in [4.78, 5) is 31.0. The average Bonchev–Trinajstić information content (AvgIpc) is 2.61. The number of fused-ring (bicyclic) bond motifs is 1. The molecule has 122 valence electrons. The molecule has 2 aromatic carbocycles. The average molecular weight is 339 g/mol. The van der Waals surface area contributed by atoms with Crippen LogP contribution in [0.4, 0.5) is 0 Å². The fourth-order valence-corrected chi connectivity index (χ4v) is 3.00. The van der Waals surface area contributed by atoms with Crippen LogP contribution in [0.1, 0.15) is 5.56 Å². The van der Waals surface area contributed by atoms with Gasteiger partial charge in [0.1, 0.15) is 0 Å². The first-order valence-electron chi connectivity index (χ1n) is 7.65. The SMILES string of the molecule is O=C(CSc1nc2ccccc2[nH]c1=O)NCCc1ccccc1. The maximum Gasteiger partial charge on any atom is 0.280 e. The number of aromatic amines is 1. The molecule has 0 aliphatic carbocycles. The molecule has 1 heterocycles. The Bertz CT molecular complexity index is 893. The van der Waals surface area contributed by atoms with Crippen LogP contribution in [0.2, 0.25) is 0 Å². The Hall–Kier alpha value is -2.60. The highest BCUT2D eigenvalue weighted by Crippen LogP contribution is 2.13. The highest BCUT2D eigenvalue weighted by atomic mass is 32.2. The minimum atomic E-state index is -0.268. The van der Waals surface area contributed by atoms with Gasteiger partial charge in [0.15, 0.2) is 5.03 Å². The summed E-state index contributed by atoms with van der Waals surface area (Å²) in [7, 11) is 0. The van der Waals surface area contributed by atoms with E-state index in [1.165, 1.54) is 5.56 Å². The zero-order valence-corrected chi connectivity index (χ0v) is 13.8. The molecule has 3 rings (SSSR count). The number of carbonyl (C=O) groups excluding carboxylic acids is 1. The van der Waals surface area contributed by atoms with Gasteiger partial charge in [0.2, 0.25) is 5.91 Å². The minimum absolute atomic E-state index is 0.106. The van der Waals surface area contributed by atoms with Crippen molar-refractivity contribution in [3.63, 3.8) is 0 Å². The van der Waals surface area contributed by atoms with Crippen molar-refractivity contribution in [1.29, 1.82) is 0 Å². The number of hydrogen-bond acceptors (Lipinski definition) is 4. The number of thioether (sulfide) groups is 1. The predicted octanol–water partition coefficient (Wildman–Crippen LogP) is 2.37. The third kappa shape index (κ3) is 4.23. The first kappa shape index (κ1) is 16.3. The third-order valence-electron chi connectivity index (χ3n) is 3.49. The molecule has 3 aromatic rings. The molecule has 0 saturated heterocycles. The molecule has 0 saturated carbocycles. The highest BCUT2D eigenvalue weighted by Gasteiger charge is 2.08. The Labute approximate surface area is 143 Å². The molecule has 0 unspecified atom stereocenters. The van der Waals surface area contributed by atoms with Crippen LogP contribution in [0.25, 0.3) is 11.0 Å². The summed E-state index contributed by atoms with van der Waals surface area (Å²) in [5.41, 5.74) is 2.32. The second-order valence-electron chi connectivity index (χ2n) is 5.26. The van der Waals surface area contributed by atoms with Gasteiger partial charge in [0.05, 0.1) is 16.8 Å². The van der Waals surface area contributed by atoms with E-state index < -0.39 is 0 Å². The predicted molar refractivity (Wildman–Crippen MR) is 96.2 cm³/mol. The van der Waals surface area contributed by atoms with Crippen molar-refractivity contribution >= 4 is 28.7 Å². The fraction of sp³-hybridized carbons (Fsp3) is 0.167. The zero-order valence-electron chi connectivity index (χ0n) is 13.0. The molecule has 1 amide bonds. The zero-order chi connectivity index (χ0) is 16.8. The molecule has 2 N–H and O–H groups in total. The fourth-order valence-electron chi connectivity index (χ4n) is 2.29. The molecule has 1 aromatic heterocycles. The Morgan fingerprint density at radius 3 is 2.67 bits per heavy atom. The molecule has 5 nitrogen and oxygen atoms in total. The largest absolute Gasteiger partial charge is 0.355 e. The normalized spacial score (nSPS) is 10.7. The summed E-state index contributed by atoms with van der Waals surface area (Å²) in [6.45, 7) is 0.574. The van der Waals surface area contributed by atoms with Gasteiger partial charge in [-0.05, 0) is 24.1 Å². The van der Waals surface area contributed by atoms with Crippen molar-refractivity contribution < 1.29 is 4.79 Å². The first-order valence-corrected chi connectivity index (χ1v) is 8.63. The molecule has 0 fully saturated rings. The molecule has 0 aliphatic rings. The minimum Gasteiger partial charge on any atom is -0.355 e. The number of H-pyrrole nitrogens is 1. The molecule has 0 bridgehead atoms. The molecular weight excluding hydrogens is 322 g/mol. The van der Waals surface area contributed by atoms with Crippen molar-refractivity contribution in [2.45, 2.75) is 11.4 Å². The molecule has 0 aliphatic heterocycles. The van der Waals surface area contributed by atoms with Crippen molar-refractivity contribution in [1.82, 2.24) is 15.3 Å².